The maximum absolute atomic E-state index is 9.46. The third-order valence-electron chi connectivity index (χ3n) is 4.56. The van der Waals surface area contributed by atoms with Gasteiger partial charge in [0.15, 0.2) is 0 Å². The molecule has 2 N–H and O–H groups in total. The Bertz CT molecular complexity index is 862. The fourth-order valence-corrected chi connectivity index (χ4v) is 3.22. The predicted molar refractivity (Wildman–Crippen MR) is 108 cm³/mol. The molecule has 3 aromatic rings. The number of benzene rings is 3. The maximum Gasteiger partial charge on any atom is 0.124 e. The van der Waals surface area contributed by atoms with E-state index in [0.29, 0.717) is 18.2 Å². The fourth-order valence-electron chi connectivity index (χ4n) is 3.01. The molecule has 0 bridgehead atoms. The van der Waals surface area contributed by atoms with Crippen LogP contribution >= 0.6 is 11.6 Å². The van der Waals surface area contributed by atoms with Gasteiger partial charge < -0.3 is 15.2 Å². The van der Waals surface area contributed by atoms with Crippen molar-refractivity contribution in [2.75, 3.05) is 6.61 Å². The van der Waals surface area contributed by atoms with Gasteiger partial charge in [0.25, 0.3) is 0 Å². The van der Waals surface area contributed by atoms with Gasteiger partial charge in [-0.15, -0.1) is 0 Å². The summed E-state index contributed by atoms with van der Waals surface area (Å²) in [6.45, 7) is 3.29. The van der Waals surface area contributed by atoms with E-state index < -0.39 is 0 Å². The number of ether oxygens (including phenoxy) is 1. The Morgan fingerprint density at radius 3 is 2.69 bits per heavy atom. The van der Waals surface area contributed by atoms with Gasteiger partial charge in [-0.05, 0) is 41.0 Å². The van der Waals surface area contributed by atoms with Gasteiger partial charge in [0.05, 0.1) is 6.61 Å². The summed E-state index contributed by atoms with van der Waals surface area (Å²) in [6.07, 6.45) is 0.875. The van der Waals surface area contributed by atoms with Crippen molar-refractivity contribution in [3.8, 4) is 5.75 Å². The minimum Gasteiger partial charge on any atom is -0.489 e. The Hall–Kier alpha value is -2.07. The Morgan fingerprint density at radius 2 is 1.92 bits per heavy atom. The number of hydrogen-bond acceptors (Lipinski definition) is 3. The summed E-state index contributed by atoms with van der Waals surface area (Å²) >= 11 is 6.06. The van der Waals surface area contributed by atoms with E-state index in [1.54, 1.807) is 0 Å². The molecule has 3 rings (SSSR count). The number of nitrogens with one attached hydrogen (secondary N) is 1. The van der Waals surface area contributed by atoms with Crippen molar-refractivity contribution in [1.82, 2.24) is 5.32 Å². The van der Waals surface area contributed by atoms with Gasteiger partial charge >= 0.3 is 0 Å². The van der Waals surface area contributed by atoms with E-state index in [9.17, 15) is 5.11 Å². The van der Waals surface area contributed by atoms with E-state index in [1.165, 1.54) is 5.39 Å². The first-order valence-electron chi connectivity index (χ1n) is 8.93. The molecule has 0 saturated carbocycles. The van der Waals surface area contributed by atoms with Crippen molar-refractivity contribution in [1.29, 1.82) is 0 Å². The zero-order valence-electron chi connectivity index (χ0n) is 14.9. The molecule has 0 heterocycles. The standard InChI is InChI=1S/C22H24ClNO2/c1-2-19(14-25)24-13-21-20-9-4-3-7-17(20)10-11-22(21)26-15-16-6-5-8-18(23)12-16/h3-12,19,24-25H,2,13-15H2,1H3/t19-/m1/s1. The second kappa shape index (κ2) is 9.04. The molecule has 0 saturated heterocycles. The van der Waals surface area contributed by atoms with E-state index in [2.05, 4.69) is 30.4 Å². The zero-order valence-corrected chi connectivity index (χ0v) is 15.7. The van der Waals surface area contributed by atoms with E-state index in [-0.39, 0.29) is 12.6 Å². The number of halogens is 1. The minimum atomic E-state index is 0.0785. The van der Waals surface area contributed by atoms with Gasteiger partial charge in [-0.25, -0.2) is 0 Å². The lowest BCUT2D eigenvalue weighted by Crippen LogP contribution is -2.31. The molecule has 1 atom stereocenters. The Balaban J connectivity index is 1.86. The summed E-state index contributed by atoms with van der Waals surface area (Å²) in [7, 11) is 0. The molecule has 0 unspecified atom stereocenters. The van der Waals surface area contributed by atoms with Gasteiger partial charge in [0, 0.05) is 23.2 Å². The normalized spacial score (nSPS) is 12.3. The number of aliphatic hydroxyl groups is 1. The van der Waals surface area contributed by atoms with Crippen LogP contribution < -0.4 is 10.1 Å². The van der Waals surface area contributed by atoms with Crippen LogP contribution in [-0.4, -0.2) is 17.8 Å². The molecule has 0 spiro atoms. The van der Waals surface area contributed by atoms with Gasteiger partial charge in [0.1, 0.15) is 12.4 Å². The molecule has 0 radical (unpaired) electrons. The van der Waals surface area contributed by atoms with Crippen molar-refractivity contribution < 1.29 is 9.84 Å². The summed E-state index contributed by atoms with van der Waals surface area (Å²) < 4.78 is 6.12. The average molecular weight is 370 g/mol. The lowest BCUT2D eigenvalue weighted by Gasteiger charge is -2.18. The quantitative estimate of drug-likeness (QED) is 0.591. The van der Waals surface area contributed by atoms with Gasteiger partial charge in [-0.1, -0.05) is 61.0 Å². The highest BCUT2D eigenvalue weighted by atomic mass is 35.5. The van der Waals surface area contributed by atoms with Crippen molar-refractivity contribution in [2.45, 2.75) is 32.5 Å². The molecule has 3 aromatic carbocycles. The molecule has 0 aliphatic carbocycles. The van der Waals surface area contributed by atoms with Crippen molar-refractivity contribution in [3.05, 3.63) is 76.8 Å². The van der Waals surface area contributed by atoms with E-state index in [1.807, 2.05) is 42.5 Å². The molecule has 0 aliphatic heterocycles. The van der Waals surface area contributed by atoms with Crippen LogP contribution in [0.4, 0.5) is 0 Å². The molecular weight excluding hydrogens is 346 g/mol. The second-order valence-corrected chi connectivity index (χ2v) is 6.79. The third-order valence-corrected chi connectivity index (χ3v) is 4.80. The Morgan fingerprint density at radius 1 is 1.08 bits per heavy atom. The first kappa shape index (κ1) is 18.7. The fraction of sp³-hybridized carbons (Fsp3) is 0.273. The van der Waals surface area contributed by atoms with E-state index in [0.717, 1.165) is 28.7 Å². The second-order valence-electron chi connectivity index (χ2n) is 6.35. The van der Waals surface area contributed by atoms with Crippen LogP contribution in [0.2, 0.25) is 5.02 Å². The van der Waals surface area contributed by atoms with Crippen LogP contribution in [0.15, 0.2) is 60.7 Å². The van der Waals surface area contributed by atoms with Crippen molar-refractivity contribution in [3.63, 3.8) is 0 Å². The summed E-state index contributed by atoms with van der Waals surface area (Å²) in [5, 5.41) is 15.9. The van der Waals surface area contributed by atoms with Crippen LogP contribution in [0.1, 0.15) is 24.5 Å². The maximum atomic E-state index is 9.46. The zero-order chi connectivity index (χ0) is 18.4. The number of aliphatic hydroxyl groups excluding tert-OH is 1. The highest BCUT2D eigenvalue weighted by molar-refractivity contribution is 6.30. The monoisotopic (exact) mass is 369 g/mol. The molecule has 26 heavy (non-hydrogen) atoms. The van der Waals surface area contributed by atoms with Crippen molar-refractivity contribution in [2.24, 2.45) is 0 Å². The average Bonchev–Trinajstić information content (AvgIpc) is 2.67. The Labute approximate surface area is 159 Å². The first-order valence-corrected chi connectivity index (χ1v) is 9.31. The van der Waals surface area contributed by atoms with Crippen LogP contribution in [0.25, 0.3) is 10.8 Å². The topological polar surface area (TPSA) is 41.5 Å². The summed E-state index contributed by atoms with van der Waals surface area (Å²) in [4.78, 5) is 0. The lowest BCUT2D eigenvalue weighted by molar-refractivity contribution is 0.237. The Kier molecular flexibility index (Phi) is 6.51. The molecule has 3 nitrogen and oxygen atoms in total. The molecule has 0 aromatic heterocycles. The lowest BCUT2D eigenvalue weighted by atomic mass is 10.0. The number of hydrogen-bond donors (Lipinski definition) is 2. The van der Waals surface area contributed by atoms with E-state index >= 15 is 0 Å². The minimum absolute atomic E-state index is 0.0785. The van der Waals surface area contributed by atoms with Crippen LogP contribution in [0.5, 0.6) is 5.75 Å². The third kappa shape index (κ3) is 4.55. The highest BCUT2D eigenvalue weighted by Gasteiger charge is 2.11. The summed E-state index contributed by atoms with van der Waals surface area (Å²) in [5.41, 5.74) is 2.14. The molecule has 0 aliphatic rings. The van der Waals surface area contributed by atoms with Gasteiger partial charge in [-0.2, -0.15) is 0 Å². The highest BCUT2D eigenvalue weighted by Crippen LogP contribution is 2.29. The van der Waals surface area contributed by atoms with Crippen LogP contribution in [0.3, 0.4) is 0 Å². The molecular formula is C22H24ClNO2. The molecule has 0 amide bonds. The first-order chi connectivity index (χ1) is 12.7. The molecule has 0 fully saturated rings. The number of rotatable bonds is 8. The number of fused-ring (bicyclic) bond motifs is 1. The van der Waals surface area contributed by atoms with Gasteiger partial charge in [0.2, 0.25) is 0 Å². The van der Waals surface area contributed by atoms with Crippen molar-refractivity contribution >= 4 is 22.4 Å². The smallest absolute Gasteiger partial charge is 0.124 e. The predicted octanol–water partition coefficient (Wildman–Crippen LogP) is 4.93. The van der Waals surface area contributed by atoms with Crippen LogP contribution in [-0.2, 0) is 13.2 Å². The largest absolute Gasteiger partial charge is 0.489 e. The summed E-state index contributed by atoms with van der Waals surface area (Å²) in [5.74, 6) is 0.851. The van der Waals surface area contributed by atoms with E-state index in [4.69, 9.17) is 16.3 Å². The summed E-state index contributed by atoms with van der Waals surface area (Å²) in [6, 6.07) is 20.2. The molecule has 136 valence electrons. The SMILES string of the molecule is CC[C@H](CO)NCc1c(OCc2cccc(Cl)c2)ccc2ccccc12. The van der Waals surface area contributed by atoms with Crippen LogP contribution in [0, 0.1) is 0 Å². The van der Waals surface area contributed by atoms with Gasteiger partial charge in [-0.3, -0.25) is 0 Å². The molecule has 4 heteroatoms.